The van der Waals surface area contributed by atoms with E-state index in [-0.39, 0.29) is 23.7 Å². The van der Waals surface area contributed by atoms with Crippen LogP contribution in [0.15, 0.2) is 18.2 Å². The second-order valence-electron chi connectivity index (χ2n) is 11.1. The predicted molar refractivity (Wildman–Crippen MR) is 142 cm³/mol. The second-order valence-corrected chi connectivity index (χ2v) is 11.1. The number of likely N-dealkylation sites (tertiary alicyclic amines) is 1. The molecule has 200 valence electrons. The molecule has 7 nitrogen and oxygen atoms in total. The summed E-state index contributed by atoms with van der Waals surface area (Å²) in [5, 5.41) is 7.90. The zero-order chi connectivity index (χ0) is 25.9. The average molecular weight is 510 g/mol. The Morgan fingerprint density at radius 3 is 2.49 bits per heavy atom. The number of aromatic nitrogens is 2. The normalized spacial score (nSPS) is 19.1. The molecule has 1 N–H and O–H groups in total. The number of aryl methyl sites for hydroxylation is 2. The van der Waals surface area contributed by atoms with Gasteiger partial charge in [-0.15, -0.1) is 0 Å². The molecule has 0 radical (unpaired) electrons. The molecule has 0 unspecified atom stereocenters. The Morgan fingerprint density at radius 1 is 1.05 bits per heavy atom. The molecule has 3 heterocycles. The highest BCUT2D eigenvalue weighted by Crippen LogP contribution is 2.30. The summed E-state index contributed by atoms with van der Waals surface area (Å²) in [6.45, 7) is 7.70. The van der Waals surface area contributed by atoms with Gasteiger partial charge in [-0.25, -0.2) is 4.39 Å². The van der Waals surface area contributed by atoms with Crippen molar-refractivity contribution in [2.24, 2.45) is 5.92 Å². The van der Waals surface area contributed by atoms with E-state index in [2.05, 4.69) is 14.9 Å². The fourth-order valence-corrected chi connectivity index (χ4v) is 6.43. The van der Waals surface area contributed by atoms with Crippen LogP contribution in [0.4, 0.5) is 10.1 Å². The molecule has 3 aliphatic rings. The van der Waals surface area contributed by atoms with Crippen molar-refractivity contribution in [3.05, 3.63) is 46.5 Å². The van der Waals surface area contributed by atoms with Crippen molar-refractivity contribution in [3.63, 3.8) is 0 Å². The van der Waals surface area contributed by atoms with Gasteiger partial charge in [0.25, 0.3) is 5.91 Å². The number of nitrogens with zero attached hydrogens (tertiary/aromatic N) is 4. The van der Waals surface area contributed by atoms with Crippen LogP contribution in [0.3, 0.4) is 0 Å². The Balaban J connectivity index is 1.19. The van der Waals surface area contributed by atoms with E-state index in [0.717, 1.165) is 88.7 Å². The van der Waals surface area contributed by atoms with Crippen molar-refractivity contribution < 1.29 is 14.0 Å². The third-order valence-electron chi connectivity index (χ3n) is 8.51. The van der Waals surface area contributed by atoms with Crippen LogP contribution in [-0.2, 0) is 24.2 Å². The minimum atomic E-state index is -0.175. The Morgan fingerprint density at radius 2 is 1.78 bits per heavy atom. The number of carbonyl (C=O) groups is 2. The lowest BCUT2D eigenvalue weighted by Crippen LogP contribution is -2.46. The summed E-state index contributed by atoms with van der Waals surface area (Å²) in [5.74, 6) is 0.508. The lowest BCUT2D eigenvalue weighted by Gasteiger charge is -2.34. The molecule has 0 spiro atoms. The third kappa shape index (κ3) is 5.83. The molecule has 37 heavy (non-hydrogen) atoms. The van der Waals surface area contributed by atoms with Crippen molar-refractivity contribution in [3.8, 4) is 0 Å². The summed E-state index contributed by atoms with van der Waals surface area (Å²) in [7, 11) is 0. The number of halogens is 1. The maximum atomic E-state index is 13.5. The summed E-state index contributed by atoms with van der Waals surface area (Å²) >= 11 is 0. The van der Waals surface area contributed by atoms with E-state index < -0.39 is 0 Å². The molecule has 2 amide bonds. The van der Waals surface area contributed by atoms with Gasteiger partial charge < -0.3 is 15.1 Å². The quantitative estimate of drug-likeness (QED) is 0.632. The molecule has 2 aliphatic heterocycles. The van der Waals surface area contributed by atoms with Crippen LogP contribution in [0.25, 0.3) is 0 Å². The molecule has 1 aliphatic carbocycles. The van der Waals surface area contributed by atoms with Gasteiger partial charge in [-0.3, -0.25) is 14.3 Å². The summed E-state index contributed by atoms with van der Waals surface area (Å²) < 4.78 is 15.6. The smallest absolute Gasteiger partial charge is 0.274 e. The Kier molecular flexibility index (Phi) is 7.81. The van der Waals surface area contributed by atoms with Crippen molar-refractivity contribution in [1.29, 1.82) is 0 Å². The lowest BCUT2D eigenvalue weighted by atomic mass is 9.92. The summed E-state index contributed by atoms with van der Waals surface area (Å²) in [6.07, 6.45) is 9.12. The monoisotopic (exact) mass is 509 g/mol. The van der Waals surface area contributed by atoms with E-state index in [0.29, 0.717) is 24.7 Å². The first kappa shape index (κ1) is 25.7. The van der Waals surface area contributed by atoms with E-state index in [9.17, 15) is 14.0 Å². The SMILES string of the molecule is CC(=O)NC1CCN(C(=O)c2nn(CCC3CCN(c4ccc(F)cc4C)CC3)c3c2CCCC3)CC1. The number of piperidine rings is 2. The fourth-order valence-electron chi connectivity index (χ4n) is 6.43. The molecule has 2 fully saturated rings. The standard InChI is InChI=1S/C29H40FN5O2/c1-20-19-23(30)7-8-26(20)33-14-9-22(10-15-33)11-18-35-27-6-4-3-5-25(27)28(32-35)29(37)34-16-12-24(13-17-34)31-21(2)36/h7-8,19,22,24H,3-6,9-18H2,1-2H3,(H,31,36). The van der Waals surface area contributed by atoms with E-state index in [1.807, 2.05) is 17.9 Å². The highest BCUT2D eigenvalue weighted by atomic mass is 19.1. The number of rotatable bonds is 6. The Hall–Kier alpha value is -2.90. The molecule has 0 bridgehead atoms. The number of amides is 2. The van der Waals surface area contributed by atoms with Crippen LogP contribution in [-0.4, -0.2) is 58.7 Å². The Labute approximate surface area is 219 Å². The van der Waals surface area contributed by atoms with Crippen LogP contribution in [0.1, 0.15) is 79.2 Å². The van der Waals surface area contributed by atoms with E-state index in [1.54, 1.807) is 19.1 Å². The number of nitrogens with one attached hydrogen (secondary N) is 1. The molecule has 2 saturated heterocycles. The molecule has 1 aromatic carbocycles. The third-order valence-corrected chi connectivity index (χ3v) is 8.51. The number of anilines is 1. The van der Waals surface area contributed by atoms with Gasteiger partial charge in [-0.1, -0.05) is 0 Å². The topological polar surface area (TPSA) is 70.5 Å². The average Bonchev–Trinajstić information content (AvgIpc) is 3.26. The molecular formula is C29H40FN5O2. The van der Waals surface area contributed by atoms with Crippen molar-refractivity contribution >= 4 is 17.5 Å². The first-order valence-electron chi connectivity index (χ1n) is 14.0. The van der Waals surface area contributed by atoms with Crippen LogP contribution in [0, 0.1) is 18.7 Å². The molecule has 1 aromatic heterocycles. The number of fused-ring (bicyclic) bond motifs is 1. The van der Waals surface area contributed by atoms with Crippen molar-refractivity contribution in [2.45, 2.75) is 84.2 Å². The van der Waals surface area contributed by atoms with Gasteiger partial charge in [0.15, 0.2) is 5.69 Å². The zero-order valence-corrected chi connectivity index (χ0v) is 22.3. The van der Waals surface area contributed by atoms with E-state index in [4.69, 9.17) is 5.10 Å². The zero-order valence-electron chi connectivity index (χ0n) is 22.3. The molecule has 8 heteroatoms. The number of hydrogen-bond donors (Lipinski definition) is 1. The van der Waals surface area contributed by atoms with Gasteiger partial charge >= 0.3 is 0 Å². The van der Waals surface area contributed by atoms with Crippen LogP contribution in [0.2, 0.25) is 0 Å². The predicted octanol–water partition coefficient (Wildman–Crippen LogP) is 4.26. The first-order chi connectivity index (χ1) is 17.9. The summed E-state index contributed by atoms with van der Waals surface area (Å²) in [4.78, 5) is 29.2. The van der Waals surface area contributed by atoms with E-state index in [1.165, 1.54) is 11.3 Å². The van der Waals surface area contributed by atoms with Crippen molar-refractivity contribution in [2.75, 3.05) is 31.1 Å². The maximum Gasteiger partial charge on any atom is 0.274 e. The first-order valence-corrected chi connectivity index (χ1v) is 14.0. The van der Waals surface area contributed by atoms with Gasteiger partial charge in [0.2, 0.25) is 5.91 Å². The number of carbonyl (C=O) groups excluding carboxylic acids is 2. The maximum absolute atomic E-state index is 13.5. The minimum Gasteiger partial charge on any atom is -0.371 e. The molecule has 0 atom stereocenters. The summed E-state index contributed by atoms with van der Waals surface area (Å²) in [5.41, 5.74) is 5.24. The molecule has 5 rings (SSSR count). The molecule has 0 saturated carbocycles. The van der Waals surface area contributed by atoms with Gasteiger partial charge in [-0.05, 0) is 94.4 Å². The summed E-state index contributed by atoms with van der Waals surface area (Å²) in [6, 6.07) is 5.24. The van der Waals surface area contributed by atoms with Gasteiger partial charge in [0, 0.05) is 62.6 Å². The van der Waals surface area contributed by atoms with Crippen molar-refractivity contribution in [1.82, 2.24) is 20.0 Å². The van der Waals surface area contributed by atoms with E-state index >= 15 is 0 Å². The van der Waals surface area contributed by atoms with Gasteiger partial charge in [0.05, 0.1) is 0 Å². The largest absolute Gasteiger partial charge is 0.371 e. The second kappa shape index (κ2) is 11.2. The molecular weight excluding hydrogens is 469 g/mol. The lowest BCUT2D eigenvalue weighted by molar-refractivity contribution is -0.119. The van der Waals surface area contributed by atoms with Crippen LogP contribution >= 0.6 is 0 Å². The molecule has 2 aromatic rings. The van der Waals surface area contributed by atoms with Crippen LogP contribution in [0.5, 0.6) is 0 Å². The van der Waals surface area contributed by atoms with Gasteiger partial charge in [0.1, 0.15) is 5.82 Å². The number of hydrogen-bond acceptors (Lipinski definition) is 4. The number of benzene rings is 1. The van der Waals surface area contributed by atoms with Gasteiger partial charge in [-0.2, -0.15) is 5.10 Å². The minimum absolute atomic E-state index is 0.00571. The van der Waals surface area contributed by atoms with Crippen LogP contribution < -0.4 is 10.2 Å². The fraction of sp³-hybridized carbons (Fsp3) is 0.621. The highest BCUT2D eigenvalue weighted by molar-refractivity contribution is 5.94. The highest BCUT2D eigenvalue weighted by Gasteiger charge is 2.31. The Bertz CT molecular complexity index is 1130.